The van der Waals surface area contributed by atoms with Gasteiger partial charge in [0.2, 0.25) is 6.86 Å². The molecule has 1 heterocycles. The summed E-state index contributed by atoms with van der Waals surface area (Å²) in [5.74, 6) is 0.293. The number of carbonyl (C=O) groups excluding carboxylic acids is 1. The summed E-state index contributed by atoms with van der Waals surface area (Å²) in [7, 11) is 0. The van der Waals surface area contributed by atoms with Crippen LogP contribution in [-0.2, 0) is 0 Å². The predicted molar refractivity (Wildman–Crippen MR) is 45.5 cm³/mol. The third-order valence-electron chi connectivity index (χ3n) is 1.56. The van der Waals surface area contributed by atoms with Crippen molar-refractivity contribution >= 4 is 5.78 Å². The largest absolute Gasteiger partial charge is 0.461 e. The topological polar surface area (TPSA) is 39.2 Å². The lowest BCUT2D eigenvalue weighted by Crippen LogP contribution is -2.00. The number of carbonyl (C=O) groups is 1. The van der Waals surface area contributed by atoms with E-state index in [1.165, 1.54) is 18.3 Å². The van der Waals surface area contributed by atoms with Crippen LogP contribution in [0.5, 0.6) is 5.75 Å². The van der Waals surface area contributed by atoms with Crippen molar-refractivity contribution in [3.63, 3.8) is 0 Å². The van der Waals surface area contributed by atoms with Crippen molar-refractivity contribution in [2.75, 3.05) is 6.86 Å². The van der Waals surface area contributed by atoms with Gasteiger partial charge in [-0.05, 0) is 12.1 Å². The van der Waals surface area contributed by atoms with E-state index in [1.807, 2.05) is 0 Å². The van der Waals surface area contributed by atoms with Crippen LogP contribution in [0.25, 0.3) is 0 Å². The highest BCUT2D eigenvalue weighted by Gasteiger charge is 2.03. The van der Waals surface area contributed by atoms with Gasteiger partial charge in [0.1, 0.15) is 11.4 Å². The van der Waals surface area contributed by atoms with Gasteiger partial charge in [0.05, 0.1) is 6.20 Å². The van der Waals surface area contributed by atoms with Gasteiger partial charge in [-0.25, -0.2) is 9.37 Å². The van der Waals surface area contributed by atoms with E-state index in [2.05, 4.69) is 9.72 Å². The van der Waals surface area contributed by atoms with Gasteiger partial charge in [-0.15, -0.1) is 0 Å². The predicted octanol–water partition coefficient (Wildman–Crippen LogP) is 1.98. The van der Waals surface area contributed by atoms with E-state index in [9.17, 15) is 9.18 Å². The van der Waals surface area contributed by atoms with Crippen LogP contribution in [0.4, 0.5) is 4.39 Å². The summed E-state index contributed by atoms with van der Waals surface area (Å²) in [5.41, 5.74) is 0.383. The van der Waals surface area contributed by atoms with Crippen LogP contribution >= 0.6 is 0 Å². The van der Waals surface area contributed by atoms with Crippen molar-refractivity contribution in [1.29, 1.82) is 0 Å². The lowest BCUT2D eigenvalue weighted by Gasteiger charge is -2.00. The molecule has 0 unspecified atom stereocenters. The molecule has 0 amide bonds. The number of pyridine rings is 1. The zero-order valence-electron chi connectivity index (χ0n) is 7.29. The number of aromatic nitrogens is 1. The first-order valence-corrected chi connectivity index (χ1v) is 3.96. The zero-order chi connectivity index (χ0) is 9.68. The van der Waals surface area contributed by atoms with Crippen molar-refractivity contribution in [2.45, 2.75) is 13.3 Å². The molecule has 0 aromatic carbocycles. The van der Waals surface area contributed by atoms with E-state index < -0.39 is 6.86 Å². The van der Waals surface area contributed by atoms with Gasteiger partial charge in [-0.2, -0.15) is 0 Å². The molecule has 1 aromatic rings. The molecule has 0 bridgehead atoms. The number of halogens is 1. The third kappa shape index (κ3) is 2.50. The molecule has 0 aliphatic carbocycles. The Labute approximate surface area is 75.6 Å². The highest BCUT2D eigenvalue weighted by molar-refractivity contribution is 5.93. The first-order chi connectivity index (χ1) is 6.27. The van der Waals surface area contributed by atoms with E-state index in [0.717, 1.165) is 0 Å². The Morgan fingerprint density at radius 2 is 2.38 bits per heavy atom. The highest BCUT2D eigenvalue weighted by Crippen LogP contribution is 2.09. The average molecular weight is 183 g/mol. The van der Waals surface area contributed by atoms with Crippen LogP contribution in [-0.4, -0.2) is 17.6 Å². The number of hydrogen-bond donors (Lipinski definition) is 0. The highest BCUT2D eigenvalue weighted by atomic mass is 19.1. The molecule has 0 aliphatic heterocycles. The molecule has 4 heteroatoms. The van der Waals surface area contributed by atoms with Crippen molar-refractivity contribution in [2.24, 2.45) is 0 Å². The molecule has 13 heavy (non-hydrogen) atoms. The molecule has 1 rings (SSSR count). The van der Waals surface area contributed by atoms with Gasteiger partial charge < -0.3 is 4.74 Å². The monoisotopic (exact) mass is 183 g/mol. The molecule has 0 N–H and O–H groups in total. The van der Waals surface area contributed by atoms with Gasteiger partial charge in [0.15, 0.2) is 5.78 Å². The van der Waals surface area contributed by atoms with Crippen LogP contribution in [0.2, 0.25) is 0 Å². The summed E-state index contributed by atoms with van der Waals surface area (Å²) in [6, 6.07) is 3.05. The van der Waals surface area contributed by atoms with Gasteiger partial charge in [0.25, 0.3) is 0 Å². The van der Waals surface area contributed by atoms with Gasteiger partial charge in [0, 0.05) is 6.42 Å². The van der Waals surface area contributed by atoms with E-state index in [-0.39, 0.29) is 5.78 Å². The molecule has 3 nitrogen and oxygen atoms in total. The molecule has 0 spiro atoms. The number of ketones is 1. The van der Waals surface area contributed by atoms with Crippen LogP contribution in [0.1, 0.15) is 23.8 Å². The molecule has 0 saturated carbocycles. The molecule has 0 aliphatic rings. The van der Waals surface area contributed by atoms with Crippen LogP contribution in [0, 0.1) is 0 Å². The summed E-state index contributed by atoms with van der Waals surface area (Å²) in [5, 5.41) is 0. The van der Waals surface area contributed by atoms with Crippen LogP contribution in [0.15, 0.2) is 18.3 Å². The summed E-state index contributed by atoms with van der Waals surface area (Å²) in [6.45, 7) is 0.874. The van der Waals surface area contributed by atoms with Gasteiger partial charge >= 0.3 is 0 Å². The number of hydrogen-bond acceptors (Lipinski definition) is 3. The van der Waals surface area contributed by atoms with Gasteiger partial charge in [-0.3, -0.25) is 4.79 Å². The first-order valence-electron chi connectivity index (χ1n) is 3.96. The van der Waals surface area contributed by atoms with Crippen molar-refractivity contribution in [3.8, 4) is 5.75 Å². The Morgan fingerprint density at radius 3 is 2.85 bits per heavy atom. The Bertz CT molecular complexity index is 284. The second-order valence-electron chi connectivity index (χ2n) is 2.41. The summed E-state index contributed by atoms with van der Waals surface area (Å²) in [4.78, 5) is 14.9. The molecule has 0 radical (unpaired) electrons. The number of Topliss-reactive ketones (excluding diaryl/α,β-unsaturated/α-hetero) is 1. The maximum atomic E-state index is 11.7. The van der Waals surface area contributed by atoms with E-state index in [4.69, 9.17) is 0 Å². The molecular formula is C9H10FNO2. The number of ether oxygens (including phenoxy) is 1. The Kier molecular flexibility index (Phi) is 3.37. The fourth-order valence-electron chi connectivity index (χ4n) is 0.875. The number of rotatable bonds is 4. The molecule has 1 aromatic heterocycles. The zero-order valence-corrected chi connectivity index (χ0v) is 7.29. The quantitative estimate of drug-likeness (QED) is 0.670. The molecule has 0 fully saturated rings. The maximum Gasteiger partial charge on any atom is 0.228 e. The second kappa shape index (κ2) is 4.54. The Morgan fingerprint density at radius 1 is 1.62 bits per heavy atom. The van der Waals surface area contributed by atoms with Crippen molar-refractivity contribution in [1.82, 2.24) is 4.98 Å². The number of alkyl halides is 1. The Balaban J connectivity index is 2.75. The van der Waals surface area contributed by atoms with Gasteiger partial charge in [-0.1, -0.05) is 6.92 Å². The third-order valence-corrected chi connectivity index (χ3v) is 1.56. The molecule has 0 saturated heterocycles. The smallest absolute Gasteiger partial charge is 0.228 e. The first kappa shape index (κ1) is 9.64. The molecular weight excluding hydrogens is 173 g/mol. The van der Waals surface area contributed by atoms with Crippen molar-refractivity contribution in [3.05, 3.63) is 24.0 Å². The average Bonchev–Trinajstić information content (AvgIpc) is 2.18. The lowest BCUT2D eigenvalue weighted by molar-refractivity contribution is 0.0983. The molecule has 0 atom stereocenters. The standard InChI is InChI=1S/C9H10FNO2/c1-2-9(12)8-4-3-7(5-11-8)13-6-10/h3-5H,2,6H2,1H3. The minimum Gasteiger partial charge on any atom is -0.461 e. The molecule has 70 valence electrons. The van der Waals surface area contributed by atoms with E-state index >= 15 is 0 Å². The minimum atomic E-state index is -0.886. The summed E-state index contributed by atoms with van der Waals surface area (Å²) >= 11 is 0. The minimum absolute atomic E-state index is 0.0354. The van der Waals surface area contributed by atoms with Crippen LogP contribution in [0.3, 0.4) is 0 Å². The summed E-state index contributed by atoms with van der Waals surface area (Å²) < 4.78 is 16.2. The van der Waals surface area contributed by atoms with Crippen molar-refractivity contribution < 1.29 is 13.9 Å². The SMILES string of the molecule is CCC(=O)c1ccc(OCF)cn1. The lowest BCUT2D eigenvalue weighted by atomic mass is 10.2. The Hall–Kier alpha value is -1.45. The second-order valence-corrected chi connectivity index (χ2v) is 2.41. The van der Waals surface area contributed by atoms with Crippen LogP contribution < -0.4 is 4.74 Å². The fraction of sp³-hybridized carbons (Fsp3) is 0.333. The summed E-state index contributed by atoms with van der Waals surface area (Å²) in [6.07, 6.45) is 1.75. The fourth-order valence-corrected chi connectivity index (χ4v) is 0.875. The maximum absolute atomic E-state index is 11.7. The van der Waals surface area contributed by atoms with E-state index in [1.54, 1.807) is 6.92 Å². The van der Waals surface area contributed by atoms with E-state index in [0.29, 0.717) is 17.9 Å². The number of nitrogens with zero attached hydrogens (tertiary/aromatic N) is 1. The normalized spacial score (nSPS) is 9.69.